The molecule has 2 atom stereocenters. The van der Waals surface area contributed by atoms with Crippen LogP contribution >= 0.6 is 0 Å². The zero-order valence-electron chi connectivity index (χ0n) is 19.7. The molecule has 0 radical (unpaired) electrons. The molecule has 2 unspecified atom stereocenters. The summed E-state index contributed by atoms with van der Waals surface area (Å²) in [4.78, 5) is 25.1. The third kappa shape index (κ3) is 12.4. The van der Waals surface area contributed by atoms with Gasteiger partial charge in [-0.2, -0.15) is 0 Å². The van der Waals surface area contributed by atoms with Crippen LogP contribution in [0.25, 0.3) is 0 Å². The van der Waals surface area contributed by atoms with Crippen LogP contribution in [0.2, 0.25) is 0 Å². The molecule has 1 fully saturated rings. The monoisotopic (exact) mass is 422 g/mol. The standard InChI is InChI=1S/C12H19N3O.C5H5N.3C2H6.2CH4/c1-7-5-11(15(6-7)10(4)16)12-13-8(2)9(3)14-12;1-2-4-6-5-3-1;3*1-2;;/h7,11H,5-6H2,1-4H3,(H,13,14);1-5H;3*1-2H3;2*1H4. The lowest BCUT2D eigenvalue weighted by atomic mass is 10.1. The molecule has 1 saturated heterocycles. The van der Waals surface area contributed by atoms with Crippen LogP contribution < -0.4 is 0 Å². The Labute approximate surface area is 187 Å². The predicted molar refractivity (Wildman–Crippen MR) is 134 cm³/mol. The zero-order chi connectivity index (χ0) is 22.1. The summed E-state index contributed by atoms with van der Waals surface area (Å²) in [6.07, 6.45) is 4.51. The summed E-state index contributed by atoms with van der Waals surface area (Å²) in [7, 11) is 0. The molecule has 0 bridgehead atoms. The van der Waals surface area contributed by atoms with Crippen LogP contribution in [0.15, 0.2) is 30.6 Å². The van der Waals surface area contributed by atoms with Crippen LogP contribution in [0, 0.1) is 19.8 Å². The van der Waals surface area contributed by atoms with E-state index >= 15 is 0 Å². The third-order valence-electron chi connectivity index (χ3n) is 3.94. The number of rotatable bonds is 1. The number of hydrogen-bond acceptors (Lipinski definition) is 3. The third-order valence-corrected chi connectivity index (χ3v) is 3.94. The highest BCUT2D eigenvalue weighted by Gasteiger charge is 2.34. The maximum atomic E-state index is 11.6. The smallest absolute Gasteiger partial charge is 0.220 e. The van der Waals surface area contributed by atoms with Crippen LogP contribution in [-0.2, 0) is 4.79 Å². The molecule has 2 aromatic rings. The summed E-state index contributed by atoms with van der Waals surface area (Å²) in [5.41, 5.74) is 2.12. The fraction of sp³-hybridized carbons (Fsp3) is 0.640. The molecule has 1 aliphatic heterocycles. The molecule has 3 heterocycles. The van der Waals surface area contributed by atoms with E-state index in [1.807, 2.05) is 78.5 Å². The molecule has 0 aromatic carbocycles. The van der Waals surface area contributed by atoms with Crippen LogP contribution in [0.1, 0.15) is 99.9 Å². The second-order valence-corrected chi connectivity index (χ2v) is 5.89. The van der Waals surface area contributed by atoms with Crippen molar-refractivity contribution in [2.45, 2.75) is 96.6 Å². The normalized spacial score (nSPS) is 15.6. The first-order chi connectivity index (χ1) is 13.5. The summed E-state index contributed by atoms with van der Waals surface area (Å²) >= 11 is 0. The van der Waals surface area contributed by atoms with Gasteiger partial charge in [0.05, 0.1) is 11.7 Å². The Balaban J connectivity index is -0.000000204. The Bertz CT molecular complexity index is 565. The topological polar surface area (TPSA) is 61.9 Å². The van der Waals surface area contributed by atoms with Gasteiger partial charge in [0.25, 0.3) is 0 Å². The van der Waals surface area contributed by atoms with Crippen molar-refractivity contribution in [3.8, 4) is 0 Å². The molecule has 3 rings (SSSR count). The molecule has 1 aliphatic rings. The van der Waals surface area contributed by atoms with E-state index in [2.05, 4.69) is 21.9 Å². The second-order valence-electron chi connectivity index (χ2n) is 5.89. The first kappa shape index (κ1) is 35.3. The number of carbonyl (C=O) groups is 1. The highest BCUT2D eigenvalue weighted by Crippen LogP contribution is 2.34. The fourth-order valence-electron chi connectivity index (χ4n) is 2.70. The minimum absolute atomic E-state index is 0. The second kappa shape index (κ2) is 21.5. The van der Waals surface area contributed by atoms with E-state index in [9.17, 15) is 4.79 Å². The van der Waals surface area contributed by atoms with E-state index in [4.69, 9.17) is 0 Å². The minimum Gasteiger partial charge on any atom is -0.344 e. The van der Waals surface area contributed by atoms with Gasteiger partial charge in [0.2, 0.25) is 5.91 Å². The molecule has 1 amide bonds. The van der Waals surface area contributed by atoms with Crippen LogP contribution in [-0.4, -0.2) is 32.3 Å². The highest BCUT2D eigenvalue weighted by atomic mass is 16.2. The van der Waals surface area contributed by atoms with Gasteiger partial charge in [0.1, 0.15) is 5.82 Å². The maximum absolute atomic E-state index is 11.6. The van der Waals surface area contributed by atoms with Gasteiger partial charge in [0.15, 0.2) is 0 Å². The Morgan fingerprint density at radius 1 is 1.00 bits per heavy atom. The number of aromatic amines is 1. The number of carbonyl (C=O) groups excluding carboxylic acids is 1. The molecule has 5 heteroatoms. The maximum Gasteiger partial charge on any atom is 0.220 e. The Morgan fingerprint density at radius 3 is 1.80 bits per heavy atom. The van der Waals surface area contributed by atoms with E-state index in [1.54, 1.807) is 19.3 Å². The van der Waals surface area contributed by atoms with E-state index in [0.29, 0.717) is 5.92 Å². The SMILES string of the molecule is C.C.CC.CC.CC.CC(=O)N1CC(C)CC1c1nc(C)c(C)[nH]1.c1ccncc1. The van der Waals surface area contributed by atoms with Gasteiger partial charge in [-0.15, -0.1) is 0 Å². The lowest BCUT2D eigenvalue weighted by molar-refractivity contribution is -0.130. The largest absolute Gasteiger partial charge is 0.344 e. The van der Waals surface area contributed by atoms with Gasteiger partial charge in [-0.05, 0) is 38.3 Å². The quantitative estimate of drug-likeness (QED) is 0.521. The highest BCUT2D eigenvalue weighted by molar-refractivity contribution is 5.74. The summed E-state index contributed by atoms with van der Waals surface area (Å²) in [6.45, 7) is 20.7. The average Bonchev–Trinajstić information content (AvgIpc) is 3.30. The van der Waals surface area contributed by atoms with Gasteiger partial charge in [-0.3, -0.25) is 9.78 Å². The van der Waals surface area contributed by atoms with Crippen molar-refractivity contribution in [1.82, 2.24) is 19.9 Å². The summed E-state index contributed by atoms with van der Waals surface area (Å²) in [5, 5.41) is 0. The lowest BCUT2D eigenvalue weighted by Crippen LogP contribution is -2.29. The molecule has 176 valence electrons. The number of nitrogens with zero attached hydrogens (tertiary/aromatic N) is 3. The van der Waals surface area contributed by atoms with E-state index in [-0.39, 0.29) is 26.8 Å². The zero-order valence-corrected chi connectivity index (χ0v) is 19.7. The van der Waals surface area contributed by atoms with E-state index < -0.39 is 0 Å². The van der Waals surface area contributed by atoms with Crippen molar-refractivity contribution in [1.29, 1.82) is 0 Å². The first-order valence-electron chi connectivity index (χ1n) is 10.6. The summed E-state index contributed by atoms with van der Waals surface area (Å²) in [6, 6.07) is 5.85. The number of aromatic nitrogens is 3. The summed E-state index contributed by atoms with van der Waals surface area (Å²) < 4.78 is 0. The number of nitrogens with one attached hydrogen (secondary N) is 1. The van der Waals surface area contributed by atoms with Gasteiger partial charge in [-0.1, -0.05) is 69.4 Å². The Kier molecular flexibility index (Phi) is 25.3. The molecule has 5 nitrogen and oxygen atoms in total. The summed E-state index contributed by atoms with van der Waals surface area (Å²) in [5.74, 6) is 1.63. The number of hydrogen-bond donors (Lipinski definition) is 1. The number of amides is 1. The Morgan fingerprint density at radius 2 is 1.50 bits per heavy atom. The van der Waals surface area contributed by atoms with Crippen molar-refractivity contribution in [3.63, 3.8) is 0 Å². The van der Waals surface area contributed by atoms with Gasteiger partial charge >= 0.3 is 0 Å². The number of pyridine rings is 1. The number of likely N-dealkylation sites (tertiary alicyclic amines) is 1. The molecule has 30 heavy (non-hydrogen) atoms. The average molecular weight is 423 g/mol. The lowest BCUT2D eigenvalue weighted by Gasteiger charge is -2.21. The molecule has 0 aliphatic carbocycles. The molecule has 1 N–H and O–H groups in total. The van der Waals surface area contributed by atoms with Gasteiger partial charge in [-0.25, -0.2) is 4.98 Å². The van der Waals surface area contributed by atoms with E-state index in [0.717, 1.165) is 30.2 Å². The van der Waals surface area contributed by atoms with Crippen LogP contribution in [0.4, 0.5) is 0 Å². The predicted octanol–water partition coefficient (Wildman–Crippen LogP) is 7.39. The minimum atomic E-state index is 0. The molecular formula is C25H50N4O. The van der Waals surface area contributed by atoms with Gasteiger partial charge < -0.3 is 9.88 Å². The van der Waals surface area contributed by atoms with Crippen LogP contribution in [0.3, 0.4) is 0 Å². The number of imidazole rings is 1. The van der Waals surface area contributed by atoms with Crippen molar-refractivity contribution >= 4 is 5.91 Å². The van der Waals surface area contributed by atoms with Gasteiger partial charge in [0, 0.05) is 31.6 Å². The fourth-order valence-corrected chi connectivity index (χ4v) is 2.70. The Hall–Kier alpha value is -2.17. The van der Waals surface area contributed by atoms with Crippen molar-refractivity contribution in [3.05, 3.63) is 47.8 Å². The number of H-pyrrole nitrogens is 1. The number of aryl methyl sites for hydroxylation is 2. The van der Waals surface area contributed by atoms with Crippen molar-refractivity contribution < 1.29 is 4.79 Å². The molecule has 0 saturated carbocycles. The van der Waals surface area contributed by atoms with Crippen molar-refractivity contribution in [2.24, 2.45) is 5.92 Å². The van der Waals surface area contributed by atoms with Crippen LogP contribution in [0.5, 0.6) is 0 Å². The molecule has 0 spiro atoms. The molecular weight excluding hydrogens is 372 g/mol. The first-order valence-corrected chi connectivity index (χ1v) is 10.6. The molecule has 2 aromatic heterocycles. The van der Waals surface area contributed by atoms with Crippen molar-refractivity contribution in [2.75, 3.05) is 6.54 Å². The van der Waals surface area contributed by atoms with E-state index in [1.165, 1.54) is 0 Å².